The van der Waals surface area contributed by atoms with Gasteiger partial charge in [0.05, 0.1) is 18.0 Å². The number of anilines is 1. The van der Waals surface area contributed by atoms with E-state index in [-0.39, 0.29) is 17.4 Å². The molecule has 0 aliphatic rings. The molecule has 0 aromatic heterocycles. The molecule has 7 nitrogen and oxygen atoms in total. The van der Waals surface area contributed by atoms with Crippen molar-refractivity contribution in [2.24, 2.45) is 0 Å². The number of carbonyl (C=O) groups is 1. The summed E-state index contributed by atoms with van der Waals surface area (Å²) in [5.74, 6) is 1.12. The minimum Gasteiger partial charge on any atom is -0.497 e. The predicted molar refractivity (Wildman–Crippen MR) is 99.0 cm³/mol. The van der Waals surface area contributed by atoms with Crippen LogP contribution in [0.5, 0.6) is 11.5 Å². The molecule has 0 bridgehead atoms. The van der Waals surface area contributed by atoms with Crippen molar-refractivity contribution in [2.75, 3.05) is 19.0 Å². The molecule has 0 radical (unpaired) electrons. The number of benzene rings is 2. The molecule has 140 valence electrons. The van der Waals surface area contributed by atoms with Crippen molar-refractivity contribution in [1.29, 1.82) is 0 Å². The molecule has 0 aliphatic heterocycles. The van der Waals surface area contributed by atoms with E-state index in [0.717, 1.165) is 0 Å². The quantitative estimate of drug-likeness (QED) is 0.736. The molecule has 1 atom stereocenters. The molecule has 1 amide bonds. The van der Waals surface area contributed by atoms with Crippen LogP contribution in [0.2, 0.25) is 0 Å². The van der Waals surface area contributed by atoms with Crippen LogP contribution in [0.3, 0.4) is 0 Å². The summed E-state index contributed by atoms with van der Waals surface area (Å²) in [4.78, 5) is 11.1. The van der Waals surface area contributed by atoms with Crippen LogP contribution in [-0.4, -0.2) is 34.1 Å². The van der Waals surface area contributed by atoms with E-state index in [1.165, 1.54) is 31.2 Å². The zero-order valence-electron chi connectivity index (χ0n) is 14.9. The third-order valence-corrected chi connectivity index (χ3v) is 5.01. The van der Waals surface area contributed by atoms with Crippen LogP contribution in [0.15, 0.2) is 53.4 Å². The maximum absolute atomic E-state index is 12.4. The third-order valence-electron chi connectivity index (χ3n) is 3.40. The van der Waals surface area contributed by atoms with E-state index in [1.807, 2.05) is 0 Å². The van der Waals surface area contributed by atoms with Gasteiger partial charge >= 0.3 is 0 Å². The number of amides is 1. The molecule has 0 heterocycles. The minimum atomic E-state index is -3.68. The zero-order chi connectivity index (χ0) is 19.2. The molecule has 2 aromatic carbocycles. The largest absolute Gasteiger partial charge is 0.497 e. The number of sulfonamides is 1. The van der Waals surface area contributed by atoms with Gasteiger partial charge in [-0.1, -0.05) is 0 Å². The maximum atomic E-state index is 12.4. The number of carbonyl (C=O) groups excluding carboxylic acids is 1. The molecular formula is C18H22N2O5S. The second-order valence-corrected chi connectivity index (χ2v) is 7.43. The summed E-state index contributed by atoms with van der Waals surface area (Å²) in [6, 6.07) is 12.5. The Kier molecular flexibility index (Phi) is 6.59. The lowest BCUT2D eigenvalue weighted by Gasteiger charge is -2.15. The SMILES string of the molecule is COc1ccc(OCC(C)NS(=O)(=O)c2ccc(NC(C)=O)cc2)cc1. The van der Waals surface area contributed by atoms with Gasteiger partial charge in [-0.05, 0) is 55.5 Å². The fraction of sp³-hybridized carbons (Fsp3) is 0.278. The highest BCUT2D eigenvalue weighted by atomic mass is 32.2. The van der Waals surface area contributed by atoms with Crippen LogP contribution in [0, 0.1) is 0 Å². The topological polar surface area (TPSA) is 93.7 Å². The molecular weight excluding hydrogens is 356 g/mol. The minimum absolute atomic E-state index is 0.114. The summed E-state index contributed by atoms with van der Waals surface area (Å²) in [7, 11) is -2.10. The molecule has 8 heteroatoms. The molecule has 1 unspecified atom stereocenters. The van der Waals surface area contributed by atoms with Crippen LogP contribution in [-0.2, 0) is 14.8 Å². The van der Waals surface area contributed by atoms with Crippen molar-refractivity contribution in [3.8, 4) is 11.5 Å². The number of nitrogens with one attached hydrogen (secondary N) is 2. The average molecular weight is 378 g/mol. The van der Waals surface area contributed by atoms with Crippen molar-refractivity contribution >= 4 is 21.6 Å². The van der Waals surface area contributed by atoms with Crippen LogP contribution >= 0.6 is 0 Å². The van der Waals surface area contributed by atoms with Gasteiger partial charge in [-0.15, -0.1) is 0 Å². The fourth-order valence-corrected chi connectivity index (χ4v) is 3.41. The lowest BCUT2D eigenvalue weighted by atomic mass is 10.3. The van der Waals surface area contributed by atoms with E-state index in [2.05, 4.69) is 10.0 Å². The Morgan fingerprint density at radius 3 is 2.15 bits per heavy atom. The average Bonchev–Trinajstić information content (AvgIpc) is 2.60. The number of rotatable bonds is 8. The summed E-state index contributed by atoms with van der Waals surface area (Å²) in [5, 5.41) is 2.59. The van der Waals surface area contributed by atoms with E-state index in [1.54, 1.807) is 38.3 Å². The summed E-state index contributed by atoms with van der Waals surface area (Å²) in [6.45, 7) is 3.28. The second-order valence-electron chi connectivity index (χ2n) is 5.71. The van der Waals surface area contributed by atoms with E-state index in [0.29, 0.717) is 17.2 Å². The standard InChI is InChI=1S/C18H22N2O5S/c1-13(12-25-17-8-6-16(24-3)7-9-17)20-26(22,23)18-10-4-15(5-11-18)19-14(2)21/h4-11,13,20H,12H2,1-3H3,(H,19,21). The third kappa shape index (κ3) is 5.75. The van der Waals surface area contributed by atoms with E-state index in [9.17, 15) is 13.2 Å². The first kappa shape index (κ1) is 19.7. The Morgan fingerprint density at radius 1 is 1.04 bits per heavy atom. The predicted octanol–water partition coefficient (Wildman–Crippen LogP) is 2.40. The van der Waals surface area contributed by atoms with Gasteiger partial charge in [0.25, 0.3) is 0 Å². The van der Waals surface area contributed by atoms with Crippen LogP contribution < -0.4 is 19.5 Å². The molecule has 2 N–H and O–H groups in total. The van der Waals surface area contributed by atoms with Crippen molar-refractivity contribution < 1.29 is 22.7 Å². The molecule has 0 saturated heterocycles. The number of methoxy groups -OCH3 is 1. The Labute approximate surface area is 153 Å². The van der Waals surface area contributed by atoms with Gasteiger partial charge in [-0.25, -0.2) is 13.1 Å². The highest BCUT2D eigenvalue weighted by Crippen LogP contribution is 2.18. The lowest BCUT2D eigenvalue weighted by molar-refractivity contribution is -0.114. The van der Waals surface area contributed by atoms with Gasteiger partial charge in [-0.2, -0.15) is 0 Å². The summed E-state index contributed by atoms with van der Waals surface area (Å²) in [6.07, 6.45) is 0. The second kappa shape index (κ2) is 8.68. The fourth-order valence-electron chi connectivity index (χ4n) is 2.18. The molecule has 0 spiro atoms. The number of hydrogen-bond acceptors (Lipinski definition) is 5. The highest BCUT2D eigenvalue weighted by molar-refractivity contribution is 7.89. The van der Waals surface area contributed by atoms with Crippen LogP contribution in [0.1, 0.15) is 13.8 Å². The summed E-state index contributed by atoms with van der Waals surface area (Å²) >= 11 is 0. The lowest BCUT2D eigenvalue weighted by Crippen LogP contribution is -2.36. The molecule has 2 rings (SSSR count). The Bertz CT molecular complexity index is 833. The number of hydrogen-bond donors (Lipinski definition) is 2. The first-order chi connectivity index (χ1) is 12.3. The summed E-state index contributed by atoms with van der Waals surface area (Å²) < 4.78 is 38.0. The molecule has 26 heavy (non-hydrogen) atoms. The van der Waals surface area contributed by atoms with E-state index < -0.39 is 16.1 Å². The van der Waals surface area contributed by atoms with Gasteiger partial charge in [0.2, 0.25) is 15.9 Å². The van der Waals surface area contributed by atoms with Gasteiger partial charge < -0.3 is 14.8 Å². The normalized spacial score (nSPS) is 12.3. The monoisotopic (exact) mass is 378 g/mol. The first-order valence-electron chi connectivity index (χ1n) is 7.97. The molecule has 2 aromatic rings. The van der Waals surface area contributed by atoms with Gasteiger partial charge in [0, 0.05) is 12.6 Å². The smallest absolute Gasteiger partial charge is 0.240 e. The summed E-state index contributed by atoms with van der Waals surface area (Å²) in [5.41, 5.74) is 0.535. The Hall–Kier alpha value is -2.58. The van der Waals surface area contributed by atoms with Gasteiger partial charge in [0.15, 0.2) is 0 Å². The Balaban J connectivity index is 1.93. The van der Waals surface area contributed by atoms with Crippen molar-refractivity contribution in [1.82, 2.24) is 4.72 Å². The van der Waals surface area contributed by atoms with Gasteiger partial charge in [0.1, 0.15) is 18.1 Å². The van der Waals surface area contributed by atoms with Crippen molar-refractivity contribution in [2.45, 2.75) is 24.8 Å². The van der Waals surface area contributed by atoms with E-state index in [4.69, 9.17) is 9.47 Å². The molecule has 0 fully saturated rings. The van der Waals surface area contributed by atoms with Crippen molar-refractivity contribution in [3.05, 3.63) is 48.5 Å². The highest BCUT2D eigenvalue weighted by Gasteiger charge is 2.17. The van der Waals surface area contributed by atoms with Crippen LogP contribution in [0.25, 0.3) is 0 Å². The molecule has 0 saturated carbocycles. The first-order valence-corrected chi connectivity index (χ1v) is 9.45. The van der Waals surface area contributed by atoms with E-state index >= 15 is 0 Å². The van der Waals surface area contributed by atoms with Gasteiger partial charge in [-0.3, -0.25) is 4.79 Å². The van der Waals surface area contributed by atoms with Crippen LogP contribution in [0.4, 0.5) is 5.69 Å². The zero-order valence-corrected chi connectivity index (χ0v) is 15.7. The number of ether oxygens (including phenoxy) is 2. The van der Waals surface area contributed by atoms with Crippen molar-refractivity contribution in [3.63, 3.8) is 0 Å². The maximum Gasteiger partial charge on any atom is 0.240 e. The Morgan fingerprint density at radius 2 is 1.62 bits per heavy atom. The molecule has 0 aliphatic carbocycles.